The number of benzene rings is 11. The predicted octanol–water partition coefficient (Wildman–Crippen LogP) is 19.3. The minimum absolute atomic E-state index is 0.119. The molecule has 0 N–H and O–H groups in total. The molecule has 2 aliphatic rings. The highest BCUT2D eigenvalue weighted by atomic mass is 15.1. The molecule has 0 unspecified atom stereocenters. The van der Waals surface area contributed by atoms with E-state index >= 15 is 0 Å². The maximum atomic E-state index is 2.54. The van der Waals surface area contributed by atoms with Crippen molar-refractivity contribution in [3.05, 3.63) is 271 Å². The highest BCUT2D eigenvalue weighted by Crippen LogP contribution is 2.55. The molecule has 2 aromatic heterocycles. The summed E-state index contributed by atoms with van der Waals surface area (Å²) in [5.41, 5.74) is 25.6. The minimum atomic E-state index is -0.328. The van der Waals surface area contributed by atoms with Crippen LogP contribution in [0.5, 0.6) is 0 Å². The van der Waals surface area contributed by atoms with Gasteiger partial charge in [0.25, 0.3) is 0 Å². The smallest absolute Gasteiger partial charge is 0.0541 e. The molecule has 75 heavy (non-hydrogen) atoms. The summed E-state index contributed by atoms with van der Waals surface area (Å²) in [6.45, 7) is 9.59. The van der Waals surface area contributed by atoms with E-state index < -0.39 is 0 Å². The van der Waals surface area contributed by atoms with Crippen LogP contribution in [-0.4, -0.2) is 9.13 Å². The van der Waals surface area contributed by atoms with Crippen molar-refractivity contribution in [3.8, 4) is 55.9 Å². The standard InChI is InChI=1S/C72H53N3/c1-71(2)62-25-13-8-20-54(62)55-41-39-52(44-64(55)71)73(50-35-30-47(31-36-50)46-18-6-5-7-19-46)51-37-32-48(33-38-51)49-34-40-56-61-43-53(74-65-26-14-9-21-57(65)58-22-10-15-27-66(58)74)45-69(70(61)72(3,4)63(56)42-49)75-67-28-16-11-23-59(67)60-24-12-17-29-68(60)75/h5-45H,1-4H3. The second-order valence-corrected chi connectivity index (χ2v) is 21.7. The summed E-state index contributed by atoms with van der Waals surface area (Å²) in [4.78, 5) is 2.42. The van der Waals surface area contributed by atoms with Crippen LogP contribution in [0.3, 0.4) is 0 Å². The molecule has 2 heterocycles. The van der Waals surface area contributed by atoms with Crippen molar-refractivity contribution >= 4 is 60.7 Å². The lowest BCUT2D eigenvalue weighted by molar-refractivity contribution is 0.656. The van der Waals surface area contributed by atoms with Crippen LogP contribution < -0.4 is 4.90 Å². The molecule has 0 saturated heterocycles. The van der Waals surface area contributed by atoms with Crippen LogP contribution in [0.2, 0.25) is 0 Å². The third-order valence-electron chi connectivity index (χ3n) is 16.9. The third kappa shape index (κ3) is 6.41. The third-order valence-corrected chi connectivity index (χ3v) is 16.9. The average Bonchev–Trinajstić information content (AvgIpc) is 4.13. The Kier molecular flexibility index (Phi) is 9.35. The van der Waals surface area contributed by atoms with Gasteiger partial charge in [-0.05, 0) is 146 Å². The zero-order valence-electron chi connectivity index (χ0n) is 42.5. The van der Waals surface area contributed by atoms with Gasteiger partial charge in [0.1, 0.15) is 0 Å². The Morgan fingerprint density at radius 1 is 0.293 bits per heavy atom. The number of hydrogen-bond donors (Lipinski definition) is 0. The Morgan fingerprint density at radius 3 is 1.32 bits per heavy atom. The second-order valence-electron chi connectivity index (χ2n) is 21.7. The summed E-state index contributed by atoms with van der Waals surface area (Å²) < 4.78 is 5.02. The number of para-hydroxylation sites is 4. The van der Waals surface area contributed by atoms with E-state index in [4.69, 9.17) is 0 Å². The molecule has 2 aliphatic carbocycles. The van der Waals surface area contributed by atoms with Crippen LogP contribution in [0.15, 0.2) is 249 Å². The monoisotopic (exact) mass is 959 g/mol. The van der Waals surface area contributed by atoms with Crippen LogP contribution in [0.1, 0.15) is 49.9 Å². The topological polar surface area (TPSA) is 13.1 Å². The first-order chi connectivity index (χ1) is 36.7. The molecule has 3 heteroatoms. The van der Waals surface area contributed by atoms with Gasteiger partial charge in [-0.15, -0.1) is 0 Å². The molecule has 3 nitrogen and oxygen atoms in total. The van der Waals surface area contributed by atoms with Gasteiger partial charge in [0.15, 0.2) is 0 Å². The number of fused-ring (bicyclic) bond motifs is 12. The number of nitrogens with zero attached hydrogens (tertiary/aromatic N) is 3. The van der Waals surface area contributed by atoms with Gasteiger partial charge in [-0.1, -0.05) is 198 Å². The molecule has 356 valence electrons. The van der Waals surface area contributed by atoms with E-state index in [9.17, 15) is 0 Å². The molecule has 13 aromatic rings. The van der Waals surface area contributed by atoms with Gasteiger partial charge in [0, 0.05) is 55.1 Å². The summed E-state index contributed by atoms with van der Waals surface area (Å²) >= 11 is 0. The lowest BCUT2D eigenvalue weighted by Crippen LogP contribution is -2.18. The van der Waals surface area contributed by atoms with Crippen LogP contribution in [0.25, 0.3) is 99.5 Å². The lowest BCUT2D eigenvalue weighted by atomic mass is 9.80. The van der Waals surface area contributed by atoms with Gasteiger partial charge in [-0.25, -0.2) is 0 Å². The fraction of sp³-hybridized carbons (Fsp3) is 0.0833. The maximum Gasteiger partial charge on any atom is 0.0541 e. The summed E-state index contributed by atoms with van der Waals surface area (Å²) in [7, 11) is 0. The van der Waals surface area contributed by atoms with Crippen LogP contribution >= 0.6 is 0 Å². The lowest BCUT2D eigenvalue weighted by Gasteiger charge is -2.28. The van der Waals surface area contributed by atoms with Gasteiger partial charge >= 0.3 is 0 Å². The normalized spacial score (nSPS) is 13.8. The van der Waals surface area contributed by atoms with Gasteiger partial charge in [0.2, 0.25) is 0 Å². The van der Waals surface area contributed by atoms with Crippen molar-refractivity contribution in [2.45, 2.75) is 38.5 Å². The van der Waals surface area contributed by atoms with Crippen molar-refractivity contribution < 1.29 is 0 Å². The Balaban J connectivity index is 0.872. The van der Waals surface area contributed by atoms with Crippen molar-refractivity contribution in [2.75, 3.05) is 4.90 Å². The van der Waals surface area contributed by atoms with Crippen molar-refractivity contribution in [1.29, 1.82) is 0 Å². The molecule has 0 bridgehead atoms. The van der Waals surface area contributed by atoms with E-state index in [0.717, 1.165) is 22.7 Å². The van der Waals surface area contributed by atoms with Crippen molar-refractivity contribution in [1.82, 2.24) is 9.13 Å². The van der Waals surface area contributed by atoms with Crippen LogP contribution in [0, 0.1) is 0 Å². The second kappa shape index (κ2) is 16.2. The minimum Gasteiger partial charge on any atom is -0.310 e. The Morgan fingerprint density at radius 2 is 0.720 bits per heavy atom. The first-order valence-corrected chi connectivity index (χ1v) is 26.3. The van der Waals surface area contributed by atoms with E-state index in [-0.39, 0.29) is 10.8 Å². The Hall–Kier alpha value is -9.18. The Labute approximate surface area is 437 Å². The first-order valence-electron chi connectivity index (χ1n) is 26.3. The van der Waals surface area contributed by atoms with Crippen molar-refractivity contribution in [2.24, 2.45) is 0 Å². The summed E-state index contributed by atoms with van der Waals surface area (Å²) in [6, 6.07) is 92.5. The van der Waals surface area contributed by atoms with Crippen LogP contribution in [-0.2, 0) is 10.8 Å². The first kappa shape index (κ1) is 43.4. The van der Waals surface area contributed by atoms with E-state index in [1.807, 2.05) is 0 Å². The molecular weight excluding hydrogens is 907 g/mol. The molecule has 0 atom stereocenters. The van der Waals surface area contributed by atoms with E-state index in [0.29, 0.717) is 0 Å². The van der Waals surface area contributed by atoms with E-state index in [2.05, 4.69) is 290 Å². The van der Waals surface area contributed by atoms with E-state index in [1.54, 1.807) is 0 Å². The van der Waals surface area contributed by atoms with Gasteiger partial charge < -0.3 is 14.0 Å². The Bertz CT molecular complexity index is 4340. The number of hydrogen-bond acceptors (Lipinski definition) is 1. The maximum absolute atomic E-state index is 2.54. The van der Waals surface area contributed by atoms with Gasteiger partial charge in [-0.3, -0.25) is 0 Å². The van der Waals surface area contributed by atoms with Crippen LogP contribution in [0.4, 0.5) is 17.1 Å². The summed E-state index contributed by atoms with van der Waals surface area (Å²) in [5.74, 6) is 0. The predicted molar refractivity (Wildman–Crippen MR) is 316 cm³/mol. The highest BCUT2D eigenvalue weighted by molar-refractivity contribution is 6.11. The quantitative estimate of drug-likeness (QED) is 0.155. The molecule has 0 fully saturated rings. The fourth-order valence-corrected chi connectivity index (χ4v) is 13.3. The largest absolute Gasteiger partial charge is 0.310 e. The summed E-state index contributed by atoms with van der Waals surface area (Å²) in [6.07, 6.45) is 0. The fourth-order valence-electron chi connectivity index (χ4n) is 13.3. The molecule has 0 aliphatic heterocycles. The number of anilines is 3. The summed E-state index contributed by atoms with van der Waals surface area (Å²) in [5, 5.41) is 5.04. The molecule has 15 rings (SSSR count). The molecule has 0 spiro atoms. The molecule has 0 radical (unpaired) electrons. The number of rotatable bonds is 7. The zero-order chi connectivity index (χ0) is 50.2. The molecular formula is C72H53N3. The average molecular weight is 960 g/mol. The van der Waals surface area contributed by atoms with Crippen molar-refractivity contribution in [3.63, 3.8) is 0 Å². The zero-order valence-corrected chi connectivity index (χ0v) is 42.5. The molecule has 11 aromatic carbocycles. The van der Waals surface area contributed by atoms with E-state index in [1.165, 1.54) is 116 Å². The SMILES string of the molecule is CC1(C)c2ccccc2-c2ccc(N(c3ccc(-c4ccccc4)cc3)c3ccc(-c4ccc5c(c4)C(C)(C)c4c-5cc(-n5c6ccccc6c6ccccc65)cc4-n4c5ccccc5c5ccccc54)cc3)cc21. The molecule has 0 saturated carbocycles. The number of aromatic nitrogens is 2. The van der Waals surface area contributed by atoms with Gasteiger partial charge in [0.05, 0.1) is 27.8 Å². The highest BCUT2D eigenvalue weighted by Gasteiger charge is 2.40. The van der Waals surface area contributed by atoms with Gasteiger partial charge in [-0.2, -0.15) is 0 Å². The molecule has 0 amide bonds.